The Morgan fingerprint density at radius 2 is 1.86 bits per heavy atom. The zero-order valence-corrected chi connectivity index (χ0v) is 13.8. The molecule has 2 rings (SSSR count). The van der Waals surface area contributed by atoms with Crippen molar-refractivity contribution in [3.8, 4) is 0 Å². The summed E-state index contributed by atoms with van der Waals surface area (Å²) < 4.78 is 25.0. The number of carbonyl (C=O) groups is 1. The van der Waals surface area contributed by atoms with Gasteiger partial charge in [-0.05, 0) is 41.8 Å². The Morgan fingerprint density at radius 3 is 2.41 bits per heavy atom. The number of nitrogens with zero attached hydrogens (tertiary/aromatic N) is 1. The summed E-state index contributed by atoms with van der Waals surface area (Å²) in [7, 11) is -0.509. The van der Waals surface area contributed by atoms with Crippen LogP contribution in [0.3, 0.4) is 0 Å². The van der Waals surface area contributed by atoms with Crippen LogP contribution in [0.15, 0.2) is 52.7 Å². The maximum atomic E-state index is 11.9. The molecule has 0 unspecified atom stereocenters. The predicted octanol–water partition coefficient (Wildman–Crippen LogP) is 2.65. The van der Waals surface area contributed by atoms with E-state index >= 15 is 0 Å². The highest BCUT2D eigenvalue weighted by Gasteiger charge is 2.16. The van der Waals surface area contributed by atoms with Crippen molar-refractivity contribution in [1.82, 2.24) is 4.31 Å². The van der Waals surface area contributed by atoms with Gasteiger partial charge in [0.25, 0.3) is 0 Å². The van der Waals surface area contributed by atoms with Gasteiger partial charge in [0.05, 0.1) is 4.90 Å². The lowest BCUT2D eigenvalue weighted by molar-refractivity contribution is -0.111. The highest BCUT2D eigenvalue weighted by Crippen LogP contribution is 2.17. The zero-order chi connectivity index (χ0) is 16.2. The number of carbonyl (C=O) groups excluding carboxylic acids is 1. The molecule has 1 aromatic carbocycles. The molecule has 0 aliphatic heterocycles. The van der Waals surface area contributed by atoms with E-state index in [1.165, 1.54) is 32.3 Å². The average molecular weight is 336 g/mol. The van der Waals surface area contributed by atoms with Gasteiger partial charge >= 0.3 is 0 Å². The molecule has 7 heteroatoms. The van der Waals surface area contributed by atoms with Crippen LogP contribution in [0.5, 0.6) is 0 Å². The number of hydrogen-bond acceptors (Lipinski definition) is 4. The molecule has 0 bridgehead atoms. The largest absolute Gasteiger partial charge is 0.323 e. The first-order chi connectivity index (χ1) is 10.4. The van der Waals surface area contributed by atoms with E-state index in [0.717, 1.165) is 9.18 Å². The van der Waals surface area contributed by atoms with Gasteiger partial charge in [-0.2, -0.15) is 0 Å². The van der Waals surface area contributed by atoms with Gasteiger partial charge in [-0.3, -0.25) is 4.79 Å². The minimum Gasteiger partial charge on any atom is -0.323 e. The van der Waals surface area contributed by atoms with Crippen LogP contribution in [0.4, 0.5) is 5.69 Å². The number of thiophene rings is 1. The third kappa shape index (κ3) is 4.03. The van der Waals surface area contributed by atoms with Crippen LogP contribution in [0.1, 0.15) is 4.88 Å². The summed E-state index contributed by atoms with van der Waals surface area (Å²) in [5.74, 6) is -0.267. The average Bonchev–Trinajstić information content (AvgIpc) is 2.99. The Morgan fingerprint density at radius 1 is 1.18 bits per heavy atom. The van der Waals surface area contributed by atoms with E-state index < -0.39 is 10.0 Å². The van der Waals surface area contributed by atoms with E-state index in [9.17, 15) is 13.2 Å². The summed E-state index contributed by atoms with van der Waals surface area (Å²) in [6, 6.07) is 9.88. The minimum atomic E-state index is -3.45. The van der Waals surface area contributed by atoms with Gasteiger partial charge < -0.3 is 5.32 Å². The van der Waals surface area contributed by atoms with Gasteiger partial charge in [0.1, 0.15) is 0 Å². The Hall–Kier alpha value is -1.96. The van der Waals surface area contributed by atoms with Crippen LogP contribution in [0.2, 0.25) is 0 Å². The van der Waals surface area contributed by atoms with Crippen molar-refractivity contribution in [3.63, 3.8) is 0 Å². The van der Waals surface area contributed by atoms with E-state index in [-0.39, 0.29) is 10.8 Å². The molecule has 1 heterocycles. The number of nitrogens with one attached hydrogen (secondary N) is 1. The first kappa shape index (κ1) is 16.4. The summed E-state index contributed by atoms with van der Waals surface area (Å²) in [4.78, 5) is 13.0. The van der Waals surface area contributed by atoms with Crippen molar-refractivity contribution >= 4 is 39.0 Å². The van der Waals surface area contributed by atoms with Crippen molar-refractivity contribution in [2.45, 2.75) is 4.90 Å². The maximum Gasteiger partial charge on any atom is 0.248 e. The van der Waals surface area contributed by atoms with Crippen molar-refractivity contribution in [2.24, 2.45) is 0 Å². The number of sulfonamides is 1. The molecule has 5 nitrogen and oxygen atoms in total. The molecule has 0 saturated heterocycles. The Balaban J connectivity index is 2.04. The van der Waals surface area contributed by atoms with Gasteiger partial charge in [-0.1, -0.05) is 6.07 Å². The third-order valence-corrected chi connectivity index (χ3v) is 5.51. The number of anilines is 1. The Kier molecular flexibility index (Phi) is 5.12. The highest BCUT2D eigenvalue weighted by atomic mass is 32.2. The fraction of sp³-hybridized carbons (Fsp3) is 0.133. The molecule has 0 atom stereocenters. The summed E-state index contributed by atoms with van der Waals surface area (Å²) in [5.41, 5.74) is 0.540. The van der Waals surface area contributed by atoms with Gasteiger partial charge in [-0.15, -0.1) is 11.3 Å². The molecular formula is C15H16N2O3S2. The highest BCUT2D eigenvalue weighted by molar-refractivity contribution is 7.89. The minimum absolute atomic E-state index is 0.185. The Labute approximate surface area is 133 Å². The predicted molar refractivity (Wildman–Crippen MR) is 89.3 cm³/mol. The smallest absolute Gasteiger partial charge is 0.248 e. The summed E-state index contributed by atoms with van der Waals surface area (Å²) in [5, 5.41) is 4.61. The normalized spacial score (nSPS) is 12.0. The molecule has 0 fully saturated rings. The second-order valence-corrected chi connectivity index (χ2v) is 7.78. The lowest BCUT2D eigenvalue weighted by Gasteiger charge is -2.11. The summed E-state index contributed by atoms with van der Waals surface area (Å²) >= 11 is 1.54. The molecule has 0 radical (unpaired) electrons. The number of hydrogen-bond donors (Lipinski definition) is 1. The van der Waals surface area contributed by atoms with Gasteiger partial charge in [-0.25, -0.2) is 12.7 Å². The standard InChI is InChI=1S/C15H16N2O3S2/c1-17(2)22(19,20)14-8-5-12(6-9-14)16-15(18)10-7-13-4-3-11-21-13/h3-11H,1-2H3,(H,16,18)/b10-7-. The molecule has 0 aliphatic carbocycles. The van der Waals surface area contributed by atoms with Crippen molar-refractivity contribution in [2.75, 3.05) is 19.4 Å². The van der Waals surface area contributed by atoms with Crippen molar-refractivity contribution < 1.29 is 13.2 Å². The monoisotopic (exact) mass is 336 g/mol. The fourth-order valence-corrected chi connectivity index (χ4v) is 3.17. The SMILES string of the molecule is CN(C)S(=O)(=O)c1ccc(NC(=O)/C=C\c2cccs2)cc1. The van der Waals surface area contributed by atoms with Crippen LogP contribution in [-0.4, -0.2) is 32.7 Å². The molecule has 1 amide bonds. The van der Waals surface area contributed by atoms with Crippen LogP contribution in [-0.2, 0) is 14.8 Å². The zero-order valence-electron chi connectivity index (χ0n) is 12.2. The molecule has 2 aromatic rings. The first-order valence-electron chi connectivity index (χ1n) is 6.45. The van der Waals surface area contributed by atoms with E-state index in [1.807, 2.05) is 17.5 Å². The lowest BCUT2D eigenvalue weighted by Crippen LogP contribution is -2.22. The molecule has 0 saturated carbocycles. The molecule has 0 aliphatic rings. The van der Waals surface area contributed by atoms with Crippen molar-refractivity contribution in [3.05, 3.63) is 52.7 Å². The second kappa shape index (κ2) is 6.87. The molecular weight excluding hydrogens is 320 g/mol. The molecule has 1 N–H and O–H groups in total. The molecule has 22 heavy (non-hydrogen) atoms. The van der Waals surface area contributed by atoms with E-state index in [4.69, 9.17) is 0 Å². The van der Waals surface area contributed by atoms with Crippen LogP contribution < -0.4 is 5.32 Å². The summed E-state index contributed by atoms with van der Waals surface area (Å²) in [6.45, 7) is 0. The second-order valence-electron chi connectivity index (χ2n) is 4.65. The molecule has 116 valence electrons. The van der Waals surface area contributed by atoms with Crippen LogP contribution in [0, 0.1) is 0 Å². The summed E-state index contributed by atoms with van der Waals surface area (Å²) in [6.07, 6.45) is 3.17. The number of benzene rings is 1. The third-order valence-electron chi connectivity index (χ3n) is 2.84. The quantitative estimate of drug-likeness (QED) is 0.854. The van der Waals surface area contributed by atoms with Gasteiger partial charge in [0.2, 0.25) is 15.9 Å². The molecule has 0 spiro atoms. The number of rotatable bonds is 5. The first-order valence-corrected chi connectivity index (χ1v) is 8.77. The Bertz CT molecular complexity index is 762. The molecule has 1 aromatic heterocycles. The van der Waals surface area contributed by atoms with Crippen LogP contribution in [0.25, 0.3) is 6.08 Å². The van der Waals surface area contributed by atoms with Crippen molar-refractivity contribution in [1.29, 1.82) is 0 Å². The topological polar surface area (TPSA) is 66.5 Å². The lowest BCUT2D eigenvalue weighted by atomic mass is 10.3. The van der Waals surface area contributed by atoms with Gasteiger partial charge in [0.15, 0.2) is 0 Å². The van der Waals surface area contributed by atoms with Crippen LogP contribution >= 0.6 is 11.3 Å². The van der Waals surface area contributed by atoms with E-state index in [0.29, 0.717) is 5.69 Å². The fourth-order valence-electron chi connectivity index (χ4n) is 1.65. The number of amides is 1. The van der Waals surface area contributed by atoms with E-state index in [2.05, 4.69) is 5.32 Å². The van der Waals surface area contributed by atoms with E-state index in [1.54, 1.807) is 29.5 Å². The van der Waals surface area contributed by atoms with Gasteiger partial charge in [0, 0.05) is 30.7 Å². The maximum absolute atomic E-state index is 11.9.